The Labute approximate surface area is 131 Å². The van der Waals surface area contributed by atoms with Gasteiger partial charge in [-0.15, -0.1) is 0 Å². The second kappa shape index (κ2) is 7.71. The van der Waals surface area contributed by atoms with Crippen LogP contribution in [0, 0.1) is 17.2 Å². The van der Waals surface area contributed by atoms with E-state index in [0.717, 1.165) is 43.0 Å². The molecule has 5 nitrogen and oxygen atoms in total. The fourth-order valence-electron chi connectivity index (χ4n) is 2.57. The number of nitriles is 1. The third-order valence-corrected chi connectivity index (χ3v) is 3.77. The maximum atomic E-state index is 8.99. The van der Waals surface area contributed by atoms with Crippen LogP contribution in [0.3, 0.4) is 0 Å². The predicted molar refractivity (Wildman–Crippen MR) is 87.3 cm³/mol. The van der Waals surface area contributed by atoms with Crippen LogP contribution >= 0.6 is 0 Å². The molecule has 0 spiro atoms. The molecule has 1 unspecified atom stereocenters. The Morgan fingerprint density at radius 2 is 2.36 bits per heavy atom. The van der Waals surface area contributed by atoms with Gasteiger partial charge in [0, 0.05) is 42.1 Å². The van der Waals surface area contributed by atoms with Crippen molar-refractivity contribution in [2.75, 3.05) is 13.2 Å². The molecule has 22 heavy (non-hydrogen) atoms. The van der Waals surface area contributed by atoms with E-state index in [9.17, 15) is 0 Å². The predicted octanol–water partition coefficient (Wildman–Crippen LogP) is 3.21. The van der Waals surface area contributed by atoms with Gasteiger partial charge >= 0.3 is 0 Å². The summed E-state index contributed by atoms with van der Waals surface area (Å²) < 4.78 is 7.37. The van der Waals surface area contributed by atoms with Crippen LogP contribution < -0.4 is 0 Å². The highest BCUT2D eigenvalue weighted by Gasteiger charge is 2.17. The summed E-state index contributed by atoms with van der Waals surface area (Å²) in [7, 11) is 0. The minimum absolute atomic E-state index is 0.423. The molecule has 5 heteroatoms. The second-order valence-electron chi connectivity index (χ2n) is 5.37. The zero-order valence-electron chi connectivity index (χ0n) is 13.4. The molecule has 0 aromatic carbocycles. The third kappa shape index (κ3) is 3.92. The van der Waals surface area contributed by atoms with Gasteiger partial charge in [-0.1, -0.05) is 12.2 Å². The van der Waals surface area contributed by atoms with Gasteiger partial charge in [-0.05, 0) is 27.2 Å². The molecule has 2 heterocycles. The minimum atomic E-state index is 0.423. The molecule has 1 aromatic rings. The summed E-state index contributed by atoms with van der Waals surface area (Å²) in [6.45, 7) is 8.25. The Kier molecular flexibility index (Phi) is 5.68. The van der Waals surface area contributed by atoms with Crippen molar-refractivity contribution in [3.63, 3.8) is 0 Å². The van der Waals surface area contributed by atoms with Crippen LogP contribution in [0.25, 0.3) is 5.57 Å². The van der Waals surface area contributed by atoms with Gasteiger partial charge in [0.2, 0.25) is 0 Å². The second-order valence-corrected chi connectivity index (χ2v) is 5.37. The Morgan fingerprint density at radius 3 is 2.95 bits per heavy atom. The fraction of sp³-hybridized carbons (Fsp3) is 0.471. The Balaban J connectivity index is 2.15. The zero-order chi connectivity index (χ0) is 15.9. The molecule has 1 aliphatic rings. The van der Waals surface area contributed by atoms with Crippen molar-refractivity contribution in [3.05, 3.63) is 35.8 Å². The Bertz CT molecular complexity index is 640. The van der Waals surface area contributed by atoms with Gasteiger partial charge in [0.15, 0.2) is 0 Å². The van der Waals surface area contributed by atoms with Gasteiger partial charge in [-0.3, -0.25) is 4.68 Å². The summed E-state index contributed by atoms with van der Waals surface area (Å²) in [5.41, 5.74) is 3.27. The maximum Gasteiger partial charge on any atom is 0.136 e. The highest BCUT2D eigenvalue weighted by atomic mass is 16.5. The van der Waals surface area contributed by atoms with Crippen molar-refractivity contribution in [1.29, 1.82) is 5.26 Å². The summed E-state index contributed by atoms with van der Waals surface area (Å²) >= 11 is 0. The molecule has 1 saturated heterocycles. The maximum absolute atomic E-state index is 8.99. The van der Waals surface area contributed by atoms with Crippen molar-refractivity contribution in [2.45, 2.75) is 33.7 Å². The lowest BCUT2D eigenvalue weighted by Crippen LogP contribution is -2.10. The van der Waals surface area contributed by atoms with Crippen LogP contribution in [0.15, 0.2) is 35.2 Å². The zero-order valence-corrected chi connectivity index (χ0v) is 13.4. The molecule has 1 atom stereocenters. The molecule has 2 rings (SSSR count). The van der Waals surface area contributed by atoms with Crippen molar-refractivity contribution in [3.8, 4) is 6.07 Å². The van der Waals surface area contributed by atoms with E-state index in [1.807, 2.05) is 43.9 Å². The minimum Gasteiger partial charge on any atom is -0.381 e. The number of allylic oxidation sites excluding steroid dienone is 4. The lowest BCUT2D eigenvalue weighted by molar-refractivity contribution is 0.181. The molecule has 1 aliphatic heterocycles. The number of aliphatic imine (C=N–C) groups is 1. The largest absolute Gasteiger partial charge is 0.381 e. The summed E-state index contributed by atoms with van der Waals surface area (Å²) in [4.78, 5) is 4.36. The average molecular weight is 298 g/mol. The molecule has 0 aliphatic carbocycles. The Morgan fingerprint density at radius 1 is 1.55 bits per heavy atom. The number of hydrogen-bond donors (Lipinski definition) is 0. The van der Waals surface area contributed by atoms with E-state index in [1.165, 1.54) is 0 Å². The highest BCUT2D eigenvalue weighted by molar-refractivity contribution is 6.22. The molecule has 0 amide bonds. The van der Waals surface area contributed by atoms with Crippen LogP contribution in [0.4, 0.5) is 0 Å². The van der Waals surface area contributed by atoms with Crippen molar-refractivity contribution < 1.29 is 4.74 Å². The summed E-state index contributed by atoms with van der Waals surface area (Å²) in [5, 5.41) is 13.4. The lowest BCUT2D eigenvalue weighted by Gasteiger charge is -2.07. The first-order chi connectivity index (χ1) is 10.7. The molecule has 0 N–H and O–H groups in total. The molecule has 1 fully saturated rings. The van der Waals surface area contributed by atoms with Crippen LogP contribution in [0.2, 0.25) is 0 Å². The fourth-order valence-corrected chi connectivity index (χ4v) is 2.57. The molecular formula is C17H22N4O. The number of nitrogens with zero attached hydrogens (tertiary/aromatic N) is 4. The van der Waals surface area contributed by atoms with Gasteiger partial charge in [0.25, 0.3) is 0 Å². The van der Waals surface area contributed by atoms with Crippen molar-refractivity contribution in [2.24, 2.45) is 10.9 Å². The monoisotopic (exact) mass is 298 g/mol. The van der Waals surface area contributed by atoms with Gasteiger partial charge in [0.1, 0.15) is 11.8 Å². The molecule has 1 aromatic heterocycles. The van der Waals surface area contributed by atoms with E-state index >= 15 is 0 Å². The summed E-state index contributed by atoms with van der Waals surface area (Å²) in [6.07, 6.45) is 8.70. The SMILES string of the molecule is C\C=C(C#N)/N=C(C)\C(=C/C)c1cnn(CC2CCOC2)c1. The van der Waals surface area contributed by atoms with Crippen LogP contribution in [0.5, 0.6) is 0 Å². The molecular weight excluding hydrogens is 276 g/mol. The topological polar surface area (TPSA) is 63.2 Å². The standard InChI is InChI=1S/C17H22N4O/c1-4-16(8-18)20-13(3)17(5-2)15-9-19-21(11-15)10-14-6-7-22-12-14/h4-5,9,11,14H,6-7,10,12H2,1-3H3/b16-4-,17-5+,20-13-. The quantitative estimate of drug-likeness (QED) is 0.619. The third-order valence-electron chi connectivity index (χ3n) is 3.77. The molecule has 0 saturated carbocycles. The molecule has 0 bridgehead atoms. The van der Waals surface area contributed by atoms with Crippen LogP contribution in [-0.2, 0) is 11.3 Å². The van der Waals surface area contributed by atoms with E-state index in [0.29, 0.717) is 11.6 Å². The number of hydrogen-bond acceptors (Lipinski definition) is 4. The van der Waals surface area contributed by atoms with E-state index in [1.54, 1.807) is 6.08 Å². The molecule has 116 valence electrons. The van der Waals surface area contributed by atoms with E-state index in [4.69, 9.17) is 10.00 Å². The van der Waals surface area contributed by atoms with Gasteiger partial charge in [-0.2, -0.15) is 10.4 Å². The first-order valence-electron chi connectivity index (χ1n) is 7.56. The van der Waals surface area contributed by atoms with Gasteiger partial charge in [0.05, 0.1) is 12.8 Å². The van der Waals surface area contributed by atoms with Crippen LogP contribution in [-0.4, -0.2) is 28.7 Å². The van der Waals surface area contributed by atoms with E-state index < -0.39 is 0 Å². The Hall–Kier alpha value is -2.19. The lowest BCUT2D eigenvalue weighted by atomic mass is 10.1. The number of rotatable bonds is 5. The smallest absolute Gasteiger partial charge is 0.136 e. The summed E-state index contributed by atoms with van der Waals surface area (Å²) in [6, 6.07) is 2.08. The summed E-state index contributed by atoms with van der Waals surface area (Å²) in [5.74, 6) is 0.546. The normalized spacial score (nSPS) is 20.3. The average Bonchev–Trinajstić information content (AvgIpc) is 3.18. The highest BCUT2D eigenvalue weighted by Crippen LogP contribution is 2.19. The van der Waals surface area contributed by atoms with Crippen LogP contribution in [0.1, 0.15) is 32.8 Å². The number of aromatic nitrogens is 2. The number of ether oxygens (including phenoxy) is 1. The van der Waals surface area contributed by atoms with Crippen molar-refractivity contribution in [1.82, 2.24) is 9.78 Å². The van der Waals surface area contributed by atoms with Gasteiger partial charge < -0.3 is 4.74 Å². The first-order valence-corrected chi connectivity index (χ1v) is 7.56. The van der Waals surface area contributed by atoms with Gasteiger partial charge in [-0.25, -0.2) is 4.99 Å². The van der Waals surface area contributed by atoms with E-state index in [2.05, 4.69) is 16.2 Å². The first kappa shape index (κ1) is 16.2. The van der Waals surface area contributed by atoms with Crippen molar-refractivity contribution >= 4 is 11.3 Å². The molecule has 0 radical (unpaired) electrons. The van der Waals surface area contributed by atoms with E-state index in [-0.39, 0.29) is 0 Å².